The van der Waals surface area contributed by atoms with Crippen molar-refractivity contribution in [1.29, 1.82) is 0 Å². The summed E-state index contributed by atoms with van der Waals surface area (Å²) in [6.45, 7) is 6.11. The number of ether oxygens (including phenoxy) is 1. The van der Waals surface area contributed by atoms with E-state index in [1.54, 1.807) is 25.1 Å². The maximum Gasteiger partial charge on any atom is 0.313 e. The lowest BCUT2D eigenvalue weighted by Crippen LogP contribution is -2.16. The van der Waals surface area contributed by atoms with Gasteiger partial charge in [-0.3, -0.25) is 9.59 Å². The van der Waals surface area contributed by atoms with E-state index in [1.807, 2.05) is 24.4 Å². The molecule has 0 amide bonds. The smallest absolute Gasteiger partial charge is 0.313 e. The highest BCUT2D eigenvalue weighted by Gasteiger charge is 2.22. The summed E-state index contributed by atoms with van der Waals surface area (Å²) < 4.78 is 20.7. The second-order valence-electron chi connectivity index (χ2n) is 9.11. The molecule has 4 rings (SSSR count). The maximum atomic E-state index is 13.8. The normalized spacial score (nSPS) is 12.6. The third kappa shape index (κ3) is 5.24. The predicted molar refractivity (Wildman–Crippen MR) is 140 cm³/mol. The van der Waals surface area contributed by atoms with Gasteiger partial charge in [0, 0.05) is 23.6 Å². The summed E-state index contributed by atoms with van der Waals surface area (Å²) in [5, 5.41) is 12.8. The average Bonchev–Trinajstić information content (AvgIpc) is 3.18. The summed E-state index contributed by atoms with van der Waals surface area (Å²) in [6, 6.07) is 16.6. The van der Waals surface area contributed by atoms with E-state index in [-0.39, 0.29) is 37.0 Å². The van der Waals surface area contributed by atoms with Gasteiger partial charge in [-0.05, 0) is 59.7 Å². The van der Waals surface area contributed by atoms with E-state index in [9.17, 15) is 19.1 Å². The van der Waals surface area contributed by atoms with E-state index in [1.165, 1.54) is 12.1 Å². The topological polar surface area (TPSA) is 68.0 Å². The van der Waals surface area contributed by atoms with Crippen molar-refractivity contribution >= 4 is 34.1 Å². The molecule has 0 bridgehead atoms. The summed E-state index contributed by atoms with van der Waals surface area (Å²) in [6.07, 6.45) is 3.82. The fourth-order valence-electron chi connectivity index (χ4n) is 4.67. The van der Waals surface area contributed by atoms with Crippen molar-refractivity contribution < 1.29 is 23.8 Å². The second-order valence-corrected chi connectivity index (χ2v) is 9.11. The molecule has 0 fully saturated rings. The lowest BCUT2D eigenvalue weighted by atomic mass is 9.94. The van der Waals surface area contributed by atoms with Crippen LogP contribution in [0.1, 0.15) is 50.7 Å². The molecular weight excluding hydrogens is 457 g/mol. The predicted octanol–water partition coefficient (Wildman–Crippen LogP) is 6.31. The van der Waals surface area contributed by atoms with Crippen molar-refractivity contribution in [2.75, 3.05) is 6.61 Å². The summed E-state index contributed by atoms with van der Waals surface area (Å²) in [5.41, 5.74) is 4.74. The van der Waals surface area contributed by atoms with Gasteiger partial charge in [0.1, 0.15) is 18.0 Å². The molecule has 1 unspecified atom stereocenters. The Morgan fingerprint density at radius 3 is 2.50 bits per heavy atom. The van der Waals surface area contributed by atoms with E-state index in [0.717, 1.165) is 38.7 Å². The van der Waals surface area contributed by atoms with Gasteiger partial charge in [-0.25, -0.2) is 4.39 Å². The van der Waals surface area contributed by atoms with Gasteiger partial charge in [0.2, 0.25) is 0 Å². The van der Waals surface area contributed by atoms with Crippen LogP contribution in [0.4, 0.5) is 4.39 Å². The minimum atomic E-state index is -1.06. The van der Waals surface area contributed by atoms with Crippen molar-refractivity contribution in [2.45, 2.75) is 45.6 Å². The van der Waals surface area contributed by atoms with Crippen molar-refractivity contribution in [2.24, 2.45) is 0 Å². The lowest BCUT2D eigenvalue weighted by Gasteiger charge is -2.09. The summed E-state index contributed by atoms with van der Waals surface area (Å²) >= 11 is 0. The zero-order chi connectivity index (χ0) is 25.8. The fourth-order valence-corrected chi connectivity index (χ4v) is 4.67. The number of Topliss-reactive ketones (excluding diaryl/α,β-unsaturated/α-hetero) is 1. The molecule has 36 heavy (non-hydrogen) atoms. The number of nitrogens with zero attached hydrogens (tertiary/aromatic N) is 1. The van der Waals surface area contributed by atoms with Crippen LogP contribution in [-0.2, 0) is 14.3 Å². The number of aliphatic hydroxyl groups excluding tert-OH is 1. The highest BCUT2D eigenvalue weighted by molar-refractivity contribution is 6.02. The maximum absolute atomic E-state index is 13.8. The van der Waals surface area contributed by atoms with Gasteiger partial charge in [0.15, 0.2) is 0 Å². The third-order valence-corrected chi connectivity index (χ3v) is 6.16. The molecule has 0 aliphatic rings. The van der Waals surface area contributed by atoms with E-state index < -0.39 is 12.1 Å². The Morgan fingerprint density at radius 1 is 1.08 bits per heavy atom. The first kappa shape index (κ1) is 25.3. The number of fused-ring (bicyclic) bond motifs is 3. The molecule has 6 heteroatoms. The Labute approximate surface area is 209 Å². The Balaban J connectivity index is 1.83. The zero-order valence-electron chi connectivity index (χ0n) is 20.7. The Kier molecular flexibility index (Phi) is 7.65. The molecule has 186 valence electrons. The molecule has 0 saturated heterocycles. The Morgan fingerprint density at radius 2 is 1.81 bits per heavy atom. The van der Waals surface area contributed by atoms with Gasteiger partial charge >= 0.3 is 5.97 Å². The van der Waals surface area contributed by atoms with Gasteiger partial charge < -0.3 is 14.2 Å². The van der Waals surface area contributed by atoms with Gasteiger partial charge in [-0.2, -0.15) is 0 Å². The van der Waals surface area contributed by atoms with Crippen LogP contribution in [0.5, 0.6) is 0 Å². The molecule has 0 aliphatic heterocycles. The summed E-state index contributed by atoms with van der Waals surface area (Å²) in [7, 11) is 0. The molecule has 0 spiro atoms. The standard InChI is InChI=1S/C30H30FNO4/c1-4-36-27(35)18-24(34)17-23(33)13-14-26-28(19(2)3)30-25-8-6-5-7-20(25)15-16-32(30)29(26)21-9-11-22(31)12-10-21/h5-16,19,23,33H,4,17-18H2,1-3H3. The molecular formula is C30H30FNO4. The number of pyridine rings is 1. The summed E-state index contributed by atoms with van der Waals surface area (Å²) in [5.74, 6) is -1.16. The monoisotopic (exact) mass is 487 g/mol. The SMILES string of the molecule is CCOC(=O)CC(=O)CC(O)C=Cc1c(C(C)C)c2c3ccccc3ccn2c1-c1ccc(F)cc1. The van der Waals surface area contributed by atoms with Crippen LogP contribution in [0.15, 0.2) is 66.9 Å². The van der Waals surface area contributed by atoms with Crippen LogP contribution in [0.3, 0.4) is 0 Å². The van der Waals surface area contributed by atoms with E-state index in [4.69, 9.17) is 4.74 Å². The molecule has 2 heterocycles. The number of aromatic nitrogens is 1. The van der Waals surface area contributed by atoms with Crippen LogP contribution in [0.25, 0.3) is 33.6 Å². The van der Waals surface area contributed by atoms with Gasteiger partial charge in [-0.1, -0.05) is 50.3 Å². The molecule has 0 saturated carbocycles. The van der Waals surface area contributed by atoms with Gasteiger partial charge in [0.05, 0.1) is 23.9 Å². The number of carbonyl (C=O) groups excluding carboxylic acids is 2. The van der Waals surface area contributed by atoms with E-state index >= 15 is 0 Å². The van der Waals surface area contributed by atoms with Crippen LogP contribution in [0.2, 0.25) is 0 Å². The third-order valence-electron chi connectivity index (χ3n) is 6.16. The molecule has 2 aromatic carbocycles. The zero-order valence-corrected chi connectivity index (χ0v) is 20.7. The number of esters is 1. The number of ketones is 1. The van der Waals surface area contributed by atoms with Gasteiger partial charge in [0.25, 0.3) is 0 Å². The first-order chi connectivity index (χ1) is 17.3. The molecule has 1 N–H and O–H groups in total. The largest absolute Gasteiger partial charge is 0.466 e. The second kappa shape index (κ2) is 10.9. The first-order valence-corrected chi connectivity index (χ1v) is 12.1. The number of benzene rings is 2. The number of halogens is 1. The number of aliphatic hydroxyl groups is 1. The lowest BCUT2D eigenvalue weighted by molar-refractivity contribution is -0.145. The first-order valence-electron chi connectivity index (χ1n) is 12.1. The molecule has 1 atom stereocenters. The minimum Gasteiger partial charge on any atom is -0.466 e. The summed E-state index contributed by atoms with van der Waals surface area (Å²) in [4.78, 5) is 23.8. The highest BCUT2D eigenvalue weighted by Crippen LogP contribution is 2.40. The fraction of sp³-hybridized carbons (Fsp3) is 0.267. The minimum absolute atomic E-state index is 0.141. The van der Waals surface area contributed by atoms with Crippen LogP contribution in [0, 0.1) is 5.82 Å². The number of hydrogen-bond donors (Lipinski definition) is 1. The Bertz CT molecular complexity index is 1430. The molecule has 0 radical (unpaired) electrons. The number of carbonyl (C=O) groups is 2. The number of hydrogen-bond acceptors (Lipinski definition) is 4. The highest BCUT2D eigenvalue weighted by atomic mass is 19.1. The molecule has 2 aromatic heterocycles. The van der Waals surface area contributed by atoms with Crippen LogP contribution >= 0.6 is 0 Å². The van der Waals surface area contributed by atoms with Gasteiger partial charge in [-0.15, -0.1) is 0 Å². The van der Waals surface area contributed by atoms with E-state index in [0.29, 0.717) is 0 Å². The molecule has 0 aliphatic carbocycles. The molecule has 4 aromatic rings. The average molecular weight is 488 g/mol. The van der Waals surface area contributed by atoms with E-state index in [2.05, 4.69) is 36.4 Å². The van der Waals surface area contributed by atoms with Crippen molar-refractivity contribution in [3.8, 4) is 11.3 Å². The van der Waals surface area contributed by atoms with Crippen molar-refractivity contribution in [1.82, 2.24) is 4.40 Å². The number of rotatable bonds is 9. The van der Waals surface area contributed by atoms with Crippen molar-refractivity contribution in [3.63, 3.8) is 0 Å². The quantitative estimate of drug-likeness (QED) is 0.222. The van der Waals surface area contributed by atoms with Crippen LogP contribution in [-0.4, -0.2) is 34.0 Å². The molecule has 5 nitrogen and oxygen atoms in total. The Hall–Kier alpha value is -3.77. The van der Waals surface area contributed by atoms with Crippen molar-refractivity contribution in [3.05, 3.63) is 83.8 Å². The van der Waals surface area contributed by atoms with Crippen LogP contribution < -0.4 is 0 Å².